The third-order valence-corrected chi connectivity index (χ3v) is 6.06. The SMILES string of the molecule is C=CCN1C(=O)/C(=C/c2ccccc2OCc2ccc(Cl)cc2)S/C1=N/c1cccc(C)n1. The molecular formula is C26H22ClN3O2S. The fourth-order valence-electron chi connectivity index (χ4n) is 3.18. The summed E-state index contributed by atoms with van der Waals surface area (Å²) in [6, 6.07) is 20.8. The number of pyridine rings is 1. The first-order valence-electron chi connectivity index (χ1n) is 10.3. The fraction of sp³-hybridized carbons (Fsp3) is 0.115. The van der Waals surface area contributed by atoms with E-state index in [1.165, 1.54) is 11.8 Å². The molecular weight excluding hydrogens is 454 g/mol. The Morgan fingerprint density at radius 1 is 1.12 bits per heavy atom. The number of hydrogen-bond acceptors (Lipinski definition) is 5. The number of rotatable bonds is 7. The van der Waals surface area contributed by atoms with Gasteiger partial charge in [0.2, 0.25) is 0 Å². The second kappa shape index (κ2) is 10.5. The first-order chi connectivity index (χ1) is 16.0. The molecule has 5 nitrogen and oxygen atoms in total. The fourth-order valence-corrected chi connectivity index (χ4v) is 4.30. The van der Waals surface area contributed by atoms with E-state index in [2.05, 4.69) is 16.6 Å². The molecule has 0 atom stereocenters. The minimum Gasteiger partial charge on any atom is -0.488 e. The van der Waals surface area contributed by atoms with E-state index in [0.717, 1.165) is 16.8 Å². The zero-order valence-electron chi connectivity index (χ0n) is 18.1. The van der Waals surface area contributed by atoms with Crippen molar-refractivity contribution in [1.82, 2.24) is 9.88 Å². The Kier molecular flexibility index (Phi) is 7.27. The third kappa shape index (κ3) is 5.72. The summed E-state index contributed by atoms with van der Waals surface area (Å²) in [6.45, 7) is 6.44. The van der Waals surface area contributed by atoms with Crippen molar-refractivity contribution >= 4 is 46.3 Å². The molecule has 1 aromatic heterocycles. The van der Waals surface area contributed by atoms with E-state index in [1.807, 2.05) is 79.7 Å². The third-order valence-electron chi connectivity index (χ3n) is 4.80. The van der Waals surface area contributed by atoms with Crippen molar-refractivity contribution in [3.8, 4) is 5.75 Å². The molecule has 0 N–H and O–H groups in total. The summed E-state index contributed by atoms with van der Waals surface area (Å²) in [6.07, 6.45) is 3.52. The zero-order chi connectivity index (χ0) is 23.2. The van der Waals surface area contributed by atoms with Gasteiger partial charge in [0, 0.05) is 22.8 Å². The number of carbonyl (C=O) groups excluding carboxylic acids is 1. The Morgan fingerprint density at radius 2 is 1.91 bits per heavy atom. The van der Waals surface area contributed by atoms with Gasteiger partial charge in [0.15, 0.2) is 11.0 Å². The molecule has 0 saturated carbocycles. The lowest BCUT2D eigenvalue weighted by Crippen LogP contribution is -2.29. The predicted octanol–water partition coefficient (Wildman–Crippen LogP) is 6.41. The highest BCUT2D eigenvalue weighted by Crippen LogP contribution is 2.35. The molecule has 1 saturated heterocycles. The van der Waals surface area contributed by atoms with Crippen LogP contribution in [0, 0.1) is 6.92 Å². The number of benzene rings is 2. The van der Waals surface area contributed by atoms with Crippen molar-refractivity contribution in [3.05, 3.63) is 106 Å². The van der Waals surface area contributed by atoms with Gasteiger partial charge in [-0.2, -0.15) is 0 Å². The van der Waals surface area contributed by atoms with E-state index in [1.54, 1.807) is 11.0 Å². The normalized spacial score (nSPS) is 15.9. The van der Waals surface area contributed by atoms with Crippen molar-refractivity contribution in [2.45, 2.75) is 13.5 Å². The molecule has 0 aliphatic carbocycles. The van der Waals surface area contributed by atoms with Gasteiger partial charge in [-0.1, -0.05) is 54.1 Å². The van der Waals surface area contributed by atoms with Crippen molar-refractivity contribution in [2.75, 3.05) is 6.54 Å². The van der Waals surface area contributed by atoms with Crippen molar-refractivity contribution in [1.29, 1.82) is 0 Å². The van der Waals surface area contributed by atoms with Crippen LogP contribution in [-0.4, -0.2) is 27.5 Å². The van der Waals surface area contributed by atoms with E-state index < -0.39 is 0 Å². The second-order valence-electron chi connectivity index (χ2n) is 7.30. The van der Waals surface area contributed by atoms with Crippen LogP contribution in [-0.2, 0) is 11.4 Å². The highest BCUT2D eigenvalue weighted by molar-refractivity contribution is 8.18. The van der Waals surface area contributed by atoms with Gasteiger partial charge in [0.05, 0.1) is 4.91 Å². The van der Waals surface area contributed by atoms with Gasteiger partial charge in [-0.3, -0.25) is 9.69 Å². The topological polar surface area (TPSA) is 54.8 Å². The highest BCUT2D eigenvalue weighted by Gasteiger charge is 2.33. The molecule has 1 aliphatic heterocycles. The number of ether oxygens (including phenoxy) is 1. The maximum atomic E-state index is 13.1. The summed E-state index contributed by atoms with van der Waals surface area (Å²) in [5, 5.41) is 1.26. The number of para-hydroxylation sites is 1. The smallest absolute Gasteiger partial charge is 0.267 e. The van der Waals surface area contributed by atoms with Crippen LogP contribution in [0.2, 0.25) is 5.02 Å². The summed E-state index contributed by atoms with van der Waals surface area (Å²) in [4.78, 5) is 24.3. The van der Waals surface area contributed by atoms with Crippen LogP contribution in [0.1, 0.15) is 16.8 Å². The predicted molar refractivity (Wildman–Crippen MR) is 136 cm³/mol. The quantitative estimate of drug-likeness (QED) is 0.292. The molecule has 166 valence electrons. The van der Waals surface area contributed by atoms with E-state index >= 15 is 0 Å². The molecule has 0 spiro atoms. The number of aryl methyl sites for hydroxylation is 1. The number of amidine groups is 1. The Morgan fingerprint density at radius 3 is 2.67 bits per heavy atom. The molecule has 1 fully saturated rings. The monoisotopic (exact) mass is 475 g/mol. The van der Waals surface area contributed by atoms with Gasteiger partial charge < -0.3 is 4.74 Å². The van der Waals surface area contributed by atoms with E-state index in [0.29, 0.717) is 39.8 Å². The maximum Gasteiger partial charge on any atom is 0.267 e. The number of halogens is 1. The molecule has 7 heteroatoms. The Hall–Kier alpha value is -3.35. The number of amides is 1. The Labute approximate surface area is 202 Å². The molecule has 0 bridgehead atoms. The van der Waals surface area contributed by atoms with Gasteiger partial charge in [-0.05, 0) is 60.7 Å². The minimum absolute atomic E-state index is 0.126. The number of nitrogens with zero attached hydrogens (tertiary/aromatic N) is 3. The molecule has 0 radical (unpaired) electrons. The minimum atomic E-state index is -0.126. The summed E-state index contributed by atoms with van der Waals surface area (Å²) < 4.78 is 6.04. The molecule has 4 rings (SSSR count). The molecule has 2 heterocycles. The molecule has 33 heavy (non-hydrogen) atoms. The number of carbonyl (C=O) groups is 1. The Balaban J connectivity index is 1.60. The number of aliphatic imine (C=N–C) groups is 1. The van der Waals surface area contributed by atoms with Crippen molar-refractivity contribution in [2.24, 2.45) is 4.99 Å². The summed E-state index contributed by atoms with van der Waals surface area (Å²) in [5.41, 5.74) is 2.69. The first-order valence-corrected chi connectivity index (χ1v) is 11.5. The lowest BCUT2D eigenvalue weighted by molar-refractivity contribution is -0.121. The average molecular weight is 476 g/mol. The molecule has 1 aliphatic rings. The lowest BCUT2D eigenvalue weighted by atomic mass is 10.1. The highest BCUT2D eigenvalue weighted by atomic mass is 35.5. The van der Waals surface area contributed by atoms with E-state index in [9.17, 15) is 4.79 Å². The second-order valence-corrected chi connectivity index (χ2v) is 8.75. The van der Waals surface area contributed by atoms with Gasteiger partial charge in [-0.25, -0.2) is 9.98 Å². The van der Waals surface area contributed by atoms with Crippen LogP contribution in [0.25, 0.3) is 6.08 Å². The molecule has 1 amide bonds. The lowest BCUT2D eigenvalue weighted by Gasteiger charge is -2.12. The molecule has 3 aromatic rings. The number of thioether (sulfide) groups is 1. The van der Waals surface area contributed by atoms with Gasteiger partial charge >= 0.3 is 0 Å². The van der Waals surface area contributed by atoms with Crippen LogP contribution >= 0.6 is 23.4 Å². The van der Waals surface area contributed by atoms with Crippen LogP contribution < -0.4 is 4.74 Å². The summed E-state index contributed by atoms with van der Waals surface area (Å²) in [5.74, 6) is 1.13. The van der Waals surface area contributed by atoms with Gasteiger partial charge in [0.25, 0.3) is 5.91 Å². The Bertz CT molecular complexity index is 1240. The van der Waals surface area contributed by atoms with Crippen LogP contribution in [0.3, 0.4) is 0 Å². The maximum absolute atomic E-state index is 13.1. The van der Waals surface area contributed by atoms with Crippen molar-refractivity contribution in [3.63, 3.8) is 0 Å². The largest absolute Gasteiger partial charge is 0.488 e. The number of aromatic nitrogens is 1. The summed E-state index contributed by atoms with van der Waals surface area (Å²) in [7, 11) is 0. The molecule has 0 unspecified atom stereocenters. The van der Waals surface area contributed by atoms with Crippen molar-refractivity contribution < 1.29 is 9.53 Å². The number of hydrogen-bond donors (Lipinski definition) is 0. The van der Waals surface area contributed by atoms with Gasteiger partial charge in [-0.15, -0.1) is 6.58 Å². The van der Waals surface area contributed by atoms with Crippen LogP contribution in [0.5, 0.6) is 5.75 Å². The summed E-state index contributed by atoms with van der Waals surface area (Å²) >= 11 is 7.28. The van der Waals surface area contributed by atoms with E-state index in [4.69, 9.17) is 16.3 Å². The van der Waals surface area contributed by atoms with Crippen LogP contribution in [0.15, 0.2) is 89.3 Å². The average Bonchev–Trinajstić information content (AvgIpc) is 3.09. The van der Waals surface area contributed by atoms with Gasteiger partial charge in [0.1, 0.15) is 12.4 Å². The standard InChI is InChI=1S/C26H22ClN3O2S/c1-3-15-30-25(31)23(33-26(30)29-24-10-6-7-18(2)28-24)16-20-8-4-5-9-22(20)32-17-19-11-13-21(27)14-12-19/h3-14,16H,1,15,17H2,2H3/b23-16-,29-26+. The zero-order valence-corrected chi connectivity index (χ0v) is 19.6. The van der Waals surface area contributed by atoms with Crippen LogP contribution in [0.4, 0.5) is 5.82 Å². The molecule has 2 aromatic carbocycles. The van der Waals surface area contributed by atoms with E-state index in [-0.39, 0.29) is 5.91 Å². The first kappa shape index (κ1) is 22.8.